The Balaban J connectivity index is 2.25. The summed E-state index contributed by atoms with van der Waals surface area (Å²) in [6.45, 7) is 2.70. The summed E-state index contributed by atoms with van der Waals surface area (Å²) in [6.07, 6.45) is 0.723. The van der Waals surface area contributed by atoms with E-state index in [1.165, 1.54) is 28.3 Å². The van der Waals surface area contributed by atoms with Crippen molar-refractivity contribution in [1.29, 1.82) is 0 Å². The molecule has 1 aromatic rings. The lowest BCUT2D eigenvalue weighted by Gasteiger charge is -2.31. The minimum atomic E-state index is -3.61. The quantitative estimate of drug-likeness (QED) is 0.593. The molecule has 1 fully saturated rings. The van der Waals surface area contributed by atoms with E-state index in [0.29, 0.717) is 18.7 Å². The van der Waals surface area contributed by atoms with E-state index in [-0.39, 0.29) is 23.8 Å². The first-order valence-electron chi connectivity index (χ1n) is 6.25. The summed E-state index contributed by atoms with van der Waals surface area (Å²) >= 11 is 0. The highest BCUT2D eigenvalue weighted by Crippen LogP contribution is 2.18. The first-order chi connectivity index (χ1) is 9.45. The van der Waals surface area contributed by atoms with Gasteiger partial charge in [0.1, 0.15) is 0 Å². The lowest BCUT2D eigenvalue weighted by Crippen LogP contribution is -2.47. The molecule has 0 N–H and O–H groups in total. The van der Waals surface area contributed by atoms with E-state index in [9.17, 15) is 18.0 Å². The Morgan fingerprint density at radius 3 is 2.40 bits per heavy atom. The van der Waals surface area contributed by atoms with Crippen LogP contribution in [-0.2, 0) is 14.8 Å². The minimum Gasteiger partial charge on any atom is -0.343 e. The molecule has 108 valence electrons. The molecule has 2 rings (SSSR count). The van der Waals surface area contributed by atoms with Crippen LogP contribution in [0.2, 0.25) is 0 Å². The normalized spacial score (nSPS) is 16.9. The fourth-order valence-corrected chi connectivity index (χ4v) is 3.54. The maximum atomic E-state index is 12.5. The molecular formula is C13H16N2O4S. The van der Waals surface area contributed by atoms with Crippen LogP contribution in [0.1, 0.15) is 17.3 Å². The zero-order valence-corrected chi connectivity index (χ0v) is 12.0. The van der Waals surface area contributed by atoms with E-state index >= 15 is 0 Å². The van der Waals surface area contributed by atoms with Gasteiger partial charge < -0.3 is 4.90 Å². The Labute approximate surface area is 118 Å². The highest BCUT2D eigenvalue weighted by atomic mass is 32.2. The van der Waals surface area contributed by atoms with Gasteiger partial charge in [-0.3, -0.25) is 9.59 Å². The standard InChI is InChI=1S/C13H16N2O4S/c1-11(17)12-3-2-4-13(9-12)20(18,19)15-7-5-14(10-16)6-8-15/h2-4,9-10H,5-8H2,1H3. The second kappa shape index (κ2) is 5.72. The predicted molar refractivity (Wildman–Crippen MR) is 72.8 cm³/mol. The zero-order chi connectivity index (χ0) is 14.8. The molecule has 0 atom stereocenters. The summed E-state index contributed by atoms with van der Waals surface area (Å²) in [5.74, 6) is -0.173. The Kier molecular flexibility index (Phi) is 4.20. The molecule has 0 aromatic heterocycles. The molecule has 1 heterocycles. The van der Waals surface area contributed by atoms with Crippen LogP contribution in [0.4, 0.5) is 0 Å². The van der Waals surface area contributed by atoms with Crippen LogP contribution in [0.5, 0.6) is 0 Å². The molecule has 0 radical (unpaired) electrons. The molecular weight excluding hydrogens is 280 g/mol. The number of amides is 1. The number of hydrogen-bond donors (Lipinski definition) is 0. The highest BCUT2D eigenvalue weighted by molar-refractivity contribution is 7.89. The van der Waals surface area contributed by atoms with Crippen LogP contribution in [0.25, 0.3) is 0 Å². The third kappa shape index (κ3) is 2.88. The number of carbonyl (C=O) groups is 2. The molecule has 20 heavy (non-hydrogen) atoms. The average Bonchev–Trinajstić information content (AvgIpc) is 2.47. The van der Waals surface area contributed by atoms with E-state index in [1.54, 1.807) is 12.1 Å². The van der Waals surface area contributed by atoms with Crippen molar-refractivity contribution < 1.29 is 18.0 Å². The zero-order valence-electron chi connectivity index (χ0n) is 11.2. The first-order valence-corrected chi connectivity index (χ1v) is 7.69. The van der Waals surface area contributed by atoms with Gasteiger partial charge in [0.25, 0.3) is 0 Å². The molecule has 0 saturated carbocycles. The second-order valence-electron chi connectivity index (χ2n) is 4.63. The third-order valence-corrected chi connectivity index (χ3v) is 5.20. The predicted octanol–water partition coefficient (Wildman–Crippen LogP) is 0.352. The first kappa shape index (κ1) is 14.7. The number of sulfonamides is 1. The Hall–Kier alpha value is -1.73. The largest absolute Gasteiger partial charge is 0.343 e. The van der Waals surface area contributed by atoms with Gasteiger partial charge in [-0.2, -0.15) is 4.31 Å². The van der Waals surface area contributed by atoms with Gasteiger partial charge in [0.2, 0.25) is 16.4 Å². The number of rotatable bonds is 4. The van der Waals surface area contributed by atoms with E-state index in [2.05, 4.69) is 0 Å². The van der Waals surface area contributed by atoms with E-state index in [0.717, 1.165) is 6.41 Å². The summed E-state index contributed by atoms with van der Waals surface area (Å²) < 4.78 is 26.3. The van der Waals surface area contributed by atoms with Crippen molar-refractivity contribution in [2.75, 3.05) is 26.2 Å². The van der Waals surface area contributed by atoms with Crippen LogP contribution < -0.4 is 0 Å². The maximum absolute atomic E-state index is 12.5. The molecule has 1 aliphatic heterocycles. The van der Waals surface area contributed by atoms with Crippen molar-refractivity contribution >= 4 is 22.2 Å². The maximum Gasteiger partial charge on any atom is 0.243 e. The summed E-state index contributed by atoms with van der Waals surface area (Å²) in [5, 5.41) is 0. The molecule has 0 unspecified atom stereocenters. The molecule has 1 saturated heterocycles. The number of piperazine rings is 1. The van der Waals surface area contributed by atoms with Gasteiger partial charge in [-0.25, -0.2) is 8.42 Å². The van der Waals surface area contributed by atoms with Crippen LogP contribution in [0, 0.1) is 0 Å². The molecule has 7 heteroatoms. The number of ketones is 1. The molecule has 1 amide bonds. The summed E-state index contributed by atoms with van der Waals surface area (Å²) in [6, 6.07) is 6.02. The Morgan fingerprint density at radius 1 is 1.20 bits per heavy atom. The van der Waals surface area contributed by atoms with Crippen LogP contribution in [0.3, 0.4) is 0 Å². The smallest absolute Gasteiger partial charge is 0.243 e. The van der Waals surface area contributed by atoms with Crippen molar-refractivity contribution in [3.63, 3.8) is 0 Å². The van der Waals surface area contributed by atoms with Gasteiger partial charge in [-0.15, -0.1) is 0 Å². The number of nitrogens with zero attached hydrogens (tertiary/aromatic N) is 2. The molecule has 0 spiro atoms. The number of hydrogen-bond acceptors (Lipinski definition) is 4. The molecule has 1 aliphatic rings. The Morgan fingerprint density at radius 2 is 1.85 bits per heavy atom. The van der Waals surface area contributed by atoms with Gasteiger partial charge in [-0.1, -0.05) is 12.1 Å². The van der Waals surface area contributed by atoms with E-state index < -0.39 is 10.0 Å². The van der Waals surface area contributed by atoms with Gasteiger partial charge in [0, 0.05) is 31.7 Å². The van der Waals surface area contributed by atoms with Crippen molar-refractivity contribution in [3.8, 4) is 0 Å². The topological polar surface area (TPSA) is 74.8 Å². The second-order valence-corrected chi connectivity index (χ2v) is 6.57. The highest BCUT2D eigenvalue weighted by Gasteiger charge is 2.28. The van der Waals surface area contributed by atoms with Crippen molar-refractivity contribution in [3.05, 3.63) is 29.8 Å². The fraction of sp³-hybridized carbons (Fsp3) is 0.385. The number of benzene rings is 1. The van der Waals surface area contributed by atoms with E-state index in [4.69, 9.17) is 0 Å². The number of Topliss-reactive ketones (excluding diaryl/α,β-unsaturated/α-hetero) is 1. The molecule has 6 nitrogen and oxygen atoms in total. The van der Waals surface area contributed by atoms with E-state index in [1.807, 2.05) is 0 Å². The van der Waals surface area contributed by atoms with Crippen molar-refractivity contribution in [2.24, 2.45) is 0 Å². The average molecular weight is 296 g/mol. The molecule has 1 aromatic carbocycles. The van der Waals surface area contributed by atoms with Crippen LogP contribution in [-0.4, -0.2) is 56.0 Å². The lowest BCUT2D eigenvalue weighted by molar-refractivity contribution is -0.119. The summed E-state index contributed by atoms with van der Waals surface area (Å²) in [4.78, 5) is 23.6. The SMILES string of the molecule is CC(=O)c1cccc(S(=O)(=O)N2CCN(C=O)CC2)c1. The van der Waals surface area contributed by atoms with Crippen molar-refractivity contribution in [1.82, 2.24) is 9.21 Å². The lowest BCUT2D eigenvalue weighted by atomic mass is 10.2. The number of carbonyl (C=O) groups excluding carboxylic acids is 2. The van der Waals surface area contributed by atoms with Gasteiger partial charge in [0.15, 0.2) is 5.78 Å². The third-order valence-electron chi connectivity index (χ3n) is 3.30. The van der Waals surface area contributed by atoms with Crippen LogP contribution in [0.15, 0.2) is 29.2 Å². The summed E-state index contributed by atoms with van der Waals surface area (Å²) in [7, 11) is -3.61. The van der Waals surface area contributed by atoms with Gasteiger partial charge in [-0.05, 0) is 19.1 Å². The minimum absolute atomic E-state index is 0.116. The Bertz CT molecular complexity index is 619. The van der Waals surface area contributed by atoms with Crippen LogP contribution >= 0.6 is 0 Å². The monoisotopic (exact) mass is 296 g/mol. The van der Waals surface area contributed by atoms with Gasteiger partial charge in [0.05, 0.1) is 4.90 Å². The van der Waals surface area contributed by atoms with Gasteiger partial charge >= 0.3 is 0 Å². The fourth-order valence-electron chi connectivity index (χ4n) is 2.07. The molecule has 0 bridgehead atoms. The summed E-state index contributed by atoms with van der Waals surface area (Å²) in [5.41, 5.74) is 0.373. The van der Waals surface area contributed by atoms with Crippen molar-refractivity contribution in [2.45, 2.75) is 11.8 Å². The molecule has 0 aliphatic carbocycles.